The van der Waals surface area contributed by atoms with Crippen LogP contribution in [0.5, 0.6) is 0 Å². The molecule has 3 rings (SSSR count). The van der Waals surface area contributed by atoms with Gasteiger partial charge in [0.15, 0.2) is 0 Å². The first-order valence-electron chi connectivity index (χ1n) is 7.66. The first kappa shape index (κ1) is 17.4. The van der Waals surface area contributed by atoms with Crippen molar-refractivity contribution < 1.29 is 14.0 Å². The molecule has 2 aromatic carbocycles. The minimum Gasteiger partial charge on any atom is -0.463 e. The number of carbonyl (C=O) groups is 2. The molecule has 6 nitrogen and oxygen atoms in total. The van der Waals surface area contributed by atoms with E-state index in [4.69, 9.17) is 16.0 Å². The molecule has 1 heterocycles. The Labute approximate surface area is 154 Å². The van der Waals surface area contributed by atoms with Crippen LogP contribution in [-0.2, 0) is 0 Å². The Morgan fingerprint density at radius 1 is 0.962 bits per heavy atom. The lowest BCUT2D eigenvalue weighted by atomic mass is 10.1. The summed E-state index contributed by atoms with van der Waals surface area (Å²) in [5.74, 6) is -0.181. The second kappa shape index (κ2) is 8.13. The Bertz CT molecular complexity index is 935. The predicted molar refractivity (Wildman–Crippen MR) is 99.6 cm³/mol. The third kappa shape index (κ3) is 4.58. The lowest BCUT2D eigenvalue weighted by Gasteiger charge is -2.07. The summed E-state index contributed by atoms with van der Waals surface area (Å²) < 4.78 is 5.08. The highest BCUT2D eigenvalue weighted by Crippen LogP contribution is 2.14. The Balaban J connectivity index is 1.64. The van der Waals surface area contributed by atoms with Gasteiger partial charge in [0.25, 0.3) is 11.8 Å². The quantitative estimate of drug-likeness (QED) is 0.529. The number of anilines is 1. The number of hydrazone groups is 1. The number of nitrogens with one attached hydrogen (secondary N) is 2. The van der Waals surface area contributed by atoms with Crippen molar-refractivity contribution in [1.82, 2.24) is 5.43 Å². The number of rotatable bonds is 5. The van der Waals surface area contributed by atoms with Crippen LogP contribution in [0.4, 0.5) is 5.69 Å². The summed E-state index contributed by atoms with van der Waals surface area (Å²) in [6.45, 7) is 0. The lowest BCUT2D eigenvalue weighted by Crippen LogP contribution is -2.18. The molecule has 2 amide bonds. The maximum Gasteiger partial charge on any atom is 0.271 e. The molecule has 7 heteroatoms. The van der Waals surface area contributed by atoms with E-state index in [-0.39, 0.29) is 5.91 Å². The summed E-state index contributed by atoms with van der Waals surface area (Å²) in [7, 11) is 0. The highest BCUT2D eigenvalue weighted by atomic mass is 35.5. The monoisotopic (exact) mass is 367 g/mol. The molecule has 1 aromatic heterocycles. The fourth-order valence-electron chi connectivity index (χ4n) is 2.13. The molecule has 0 fully saturated rings. The van der Waals surface area contributed by atoms with Crippen LogP contribution in [0.3, 0.4) is 0 Å². The van der Waals surface area contributed by atoms with E-state index in [2.05, 4.69) is 15.8 Å². The summed E-state index contributed by atoms with van der Waals surface area (Å²) in [5.41, 5.74) is 3.71. The van der Waals surface area contributed by atoms with E-state index < -0.39 is 5.91 Å². The Kier molecular flexibility index (Phi) is 5.46. The van der Waals surface area contributed by atoms with Crippen LogP contribution in [0, 0.1) is 0 Å². The van der Waals surface area contributed by atoms with E-state index in [9.17, 15) is 9.59 Å². The number of nitrogens with zero attached hydrogens (tertiary/aromatic N) is 1. The number of amides is 2. The maximum absolute atomic E-state index is 12.2. The van der Waals surface area contributed by atoms with Gasteiger partial charge in [0, 0.05) is 21.8 Å². The zero-order chi connectivity index (χ0) is 18.4. The van der Waals surface area contributed by atoms with Gasteiger partial charge in [0.1, 0.15) is 5.76 Å². The lowest BCUT2D eigenvalue weighted by molar-refractivity contribution is 0.0953. The number of halogens is 1. The second-order valence-electron chi connectivity index (χ2n) is 5.26. The molecule has 3 aromatic rings. The van der Waals surface area contributed by atoms with E-state index >= 15 is 0 Å². The van der Waals surface area contributed by atoms with Crippen LogP contribution in [0.15, 0.2) is 76.4 Å². The van der Waals surface area contributed by atoms with Crippen LogP contribution >= 0.6 is 11.6 Å². The van der Waals surface area contributed by atoms with Gasteiger partial charge in [-0.05, 0) is 54.6 Å². The van der Waals surface area contributed by atoms with Crippen molar-refractivity contribution in [3.8, 4) is 0 Å². The third-order valence-corrected chi connectivity index (χ3v) is 3.64. The normalized spacial score (nSPS) is 10.7. The van der Waals surface area contributed by atoms with E-state index in [1.807, 2.05) is 0 Å². The molecule has 0 aliphatic carbocycles. The Morgan fingerprint density at radius 3 is 2.50 bits per heavy atom. The van der Waals surface area contributed by atoms with E-state index in [0.717, 1.165) is 0 Å². The summed E-state index contributed by atoms with van der Waals surface area (Å²) >= 11 is 5.81. The van der Waals surface area contributed by atoms with Crippen molar-refractivity contribution in [1.29, 1.82) is 0 Å². The van der Waals surface area contributed by atoms with E-state index in [0.29, 0.717) is 27.6 Å². The molecule has 0 aliphatic rings. The minimum atomic E-state index is -0.407. The van der Waals surface area contributed by atoms with Gasteiger partial charge in [-0.25, -0.2) is 5.43 Å². The number of carbonyl (C=O) groups excluding carboxylic acids is 2. The highest BCUT2D eigenvalue weighted by molar-refractivity contribution is 6.30. The molecule has 0 atom stereocenters. The van der Waals surface area contributed by atoms with Crippen molar-refractivity contribution >= 4 is 35.3 Å². The first-order valence-corrected chi connectivity index (χ1v) is 8.03. The molecule has 0 saturated carbocycles. The predicted octanol–water partition coefficient (Wildman–Crippen LogP) is 3.95. The van der Waals surface area contributed by atoms with Crippen molar-refractivity contribution in [2.45, 2.75) is 0 Å². The summed E-state index contributed by atoms with van der Waals surface area (Å²) in [6.07, 6.45) is 2.90. The third-order valence-electron chi connectivity index (χ3n) is 3.39. The fraction of sp³-hybridized carbons (Fsp3) is 0. The molecule has 0 aliphatic heterocycles. The van der Waals surface area contributed by atoms with Gasteiger partial charge in [0.2, 0.25) is 0 Å². The van der Waals surface area contributed by atoms with Crippen LogP contribution in [-0.4, -0.2) is 18.0 Å². The fourth-order valence-corrected chi connectivity index (χ4v) is 2.25. The van der Waals surface area contributed by atoms with Gasteiger partial charge in [-0.15, -0.1) is 0 Å². The van der Waals surface area contributed by atoms with Gasteiger partial charge >= 0.3 is 0 Å². The minimum absolute atomic E-state index is 0.296. The largest absolute Gasteiger partial charge is 0.463 e. The summed E-state index contributed by atoms with van der Waals surface area (Å²) in [5, 5.41) is 7.11. The van der Waals surface area contributed by atoms with Crippen LogP contribution in [0.2, 0.25) is 5.02 Å². The van der Waals surface area contributed by atoms with Crippen LogP contribution in [0.25, 0.3) is 0 Å². The second-order valence-corrected chi connectivity index (χ2v) is 5.69. The zero-order valence-electron chi connectivity index (χ0n) is 13.5. The molecule has 0 bridgehead atoms. The zero-order valence-corrected chi connectivity index (χ0v) is 14.2. The van der Waals surface area contributed by atoms with Gasteiger partial charge in [-0.2, -0.15) is 5.10 Å². The molecule has 0 radical (unpaired) electrons. The standard InChI is InChI=1S/C19H14ClN3O3/c20-15-8-6-13(7-9-15)18(24)22-16-4-1-3-14(11-16)19(25)23-21-12-17-5-2-10-26-17/h1-12H,(H,22,24)(H,23,25)/b21-12-. The van der Waals surface area contributed by atoms with E-state index in [1.165, 1.54) is 12.5 Å². The Hall–Kier alpha value is -3.38. The van der Waals surface area contributed by atoms with Crippen molar-refractivity contribution in [3.63, 3.8) is 0 Å². The van der Waals surface area contributed by atoms with Gasteiger partial charge in [0.05, 0.1) is 12.5 Å². The van der Waals surface area contributed by atoms with Crippen molar-refractivity contribution in [2.75, 3.05) is 5.32 Å². The SMILES string of the molecule is O=C(N/N=C\c1ccco1)c1cccc(NC(=O)c2ccc(Cl)cc2)c1. The molecule has 2 N–H and O–H groups in total. The van der Waals surface area contributed by atoms with Crippen LogP contribution < -0.4 is 10.7 Å². The number of furan rings is 1. The van der Waals surface area contributed by atoms with Gasteiger partial charge < -0.3 is 9.73 Å². The van der Waals surface area contributed by atoms with E-state index in [1.54, 1.807) is 60.7 Å². The topological polar surface area (TPSA) is 83.7 Å². The molecule has 26 heavy (non-hydrogen) atoms. The number of hydrogen-bond acceptors (Lipinski definition) is 4. The molecular weight excluding hydrogens is 354 g/mol. The molecule has 0 unspecified atom stereocenters. The number of hydrogen-bond donors (Lipinski definition) is 2. The maximum atomic E-state index is 12.2. The average molecular weight is 368 g/mol. The van der Waals surface area contributed by atoms with Gasteiger partial charge in [-0.3, -0.25) is 9.59 Å². The number of benzene rings is 2. The molecule has 130 valence electrons. The molecule has 0 spiro atoms. The smallest absolute Gasteiger partial charge is 0.271 e. The van der Waals surface area contributed by atoms with Crippen LogP contribution in [0.1, 0.15) is 26.5 Å². The van der Waals surface area contributed by atoms with Crippen molar-refractivity contribution in [3.05, 3.63) is 88.8 Å². The molecular formula is C19H14ClN3O3. The summed E-state index contributed by atoms with van der Waals surface area (Å²) in [4.78, 5) is 24.4. The average Bonchev–Trinajstić information content (AvgIpc) is 3.16. The molecule has 0 saturated heterocycles. The summed E-state index contributed by atoms with van der Waals surface area (Å²) in [6, 6.07) is 16.5. The Morgan fingerprint density at radius 2 is 1.77 bits per heavy atom. The highest BCUT2D eigenvalue weighted by Gasteiger charge is 2.09. The van der Waals surface area contributed by atoms with Crippen molar-refractivity contribution in [2.24, 2.45) is 5.10 Å². The van der Waals surface area contributed by atoms with Gasteiger partial charge in [-0.1, -0.05) is 17.7 Å². The first-order chi connectivity index (χ1) is 12.6.